The second kappa shape index (κ2) is 7.47. The van der Waals surface area contributed by atoms with Crippen LogP contribution in [0.2, 0.25) is 0 Å². The summed E-state index contributed by atoms with van der Waals surface area (Å²) < 4.78 is 5.63. The standard InChI is InChI=1S/C16H21N3O2/c1-12(2)10-21-15-5-3-4-13(8-15)16(20)18-7-6-14-9-17-11-19-14/h3-5,8-9,11-12H,6-7,10H2,1-2H3,(H,17,19)(H,18,20). The van der Waals surface area contributed by atoms with Crippen LogP contribution in [-0.4, -0.2) is 29.0 Å². The van der Waals surface area contributed by atoms with Crippen molar-refractivity contribution in [3.05, 3.63) is 48.0 Å². The molecule has 0 radical (unpaired) electrons. The van der Waals surface area contributed by atoms with Crippen LogP contribution >= 0.6 is 0 Å². The van der Waals surface area contributed by atoms with E-state index in [4.69, 9.17) is 4.74 Å². The third kappa shape index (κ3) is 4.95. The normalized spacial score (nSPS) is 10.6. The molecule has 0 aliphatic rings. The Kier molecular flexibility index (Phi) is 5.37. The highest BCUT2D eigenvalue weighted by atomic mass is 16.5. The summed E-state index contributed by atoms with van der Waals surface area (Å²) in [5.74, 6) is 1.09. The van der Waals surface area contributed by atoms with Gasteiger partial charge in [-0.3, -0.25) is 4.79 Å². The SMILES string of the molecule is CC(C)COc1cccc(C(=O)NCCc2cnc[nH]2)c1. The number of hydrogen-bond donors (Lipinski definition) is 2. The Morgan fingerprint density at radius 1 is 1.43 bits per heavy atom. The number of aromatic nitrogens is 2. The van der Waals surface area contributed by atoms with E-state index >= 15 is 0 Å². The summed E-state index contributed by atoms with van der Waals surface area (Å²) in [6.07, 6.45) is 4.12. The highest BCUT2D eigenvalue weighted by molar-refractivity contribution is 5.94. The third-order valence-electron chi connectivity index (χ3n) is 2.91. The summed E-state index contributed by atoms with van der Waals surface area (Å²) in [5, 5.41) is 2.89. The number of nitrogens with one attached hydrogen (secondary N) is 2. The lowest BCUT2D eigenvalue weighted by atomic mass is 10.2. The maximum absolute atomic E-state index is 12.1. The van der Waals surface area contributed by atoms with Crippen molar-refractivity contribution in [1.82, 2.24) is 15.3 Å². The van der Waals surface area contributed by atoms with Crippen LogP contribution in [-0.2, 0) is 6.42 Å². The molecule has 1 aromatic heterocycles. The predicted octanol–water partition coefficient (Wildman–Crippen LogP) is 2.42. The van der Waals surface area contributed by atoms with Crippen molar-refractivity contribution in [1.29, 1.82) is 0 Å². The lowest BCUT2D eigenvalue weighted by Crippen LogP contribution is -2.25. The number of aromatic amines is 1. The molecule has 112 valence electrons. The van der Waals surface area contributed by atoms with Crippen molar-refractivity contribution >= 4 is 5.91 Å². The Bertz CT molecular complexity index is 565. The lowest BCUT2D eigenvalue weighted by molar-refractivity contribution is 0.0953. The number of benzene rings is 1. The van der Waals surface area contributed by atoms with E-state index in [1.54, 1.807) is 24.7 Å². The molecule has 0 aliphatic heterocycles. The van der Waals surface area contributed by atoms with Gasteiger partial charge >= 0.3 is 0 Å². The minimum atomic E-state index is -0.0930. The number of imidazole rings is 1. The highest BCUT2D eigenvalue weighted by Gasteiger charge is 2.07. The van der Waals surface area contributed by atoms with Gasteiger partial charge in [0.2, 0.25) is 0 Å². The number of nitrogens with zero attached hydrogens (tertiary/aromatic N) is 1. The molecule has 0 unspecified atom stereocenters. The van der Waals surface area contributed by atoms with E-state index < -0.39 is 0 Å². The van der Waals surface area contributed by atoms with Gasteiger partial charge in [0.1, 0.15) is 5.75 Å². The maximum atomic E-state index is 12.1. The number of hydrogen-bond acceptors (Lipinski definition) is 3. The van der Waals surface area contributed by atoms with Gasteiger partial charge in [0.15, 0.2) is 0 Å². The summed E-state index contributed by atoms with van der Waals surface area (Å²) in [7, 11) is 0. The monoisotopic (exact) mass is 287 g/mol. The quantitative estimate of drug-likeness (QED) is 0.822. The first-order valence-corrected chi connectivity index (χ1v) is 7.13. The van der Waals surface area contributed by atoms with Crippen LogP contribution in [0.4, 0.5) is 0 Å². The number of rotatable bonds is 7. The fourth-order valence-electron chi connectivity index (χ4n) is 1.82. The molecule has 5 heteroatoms. The van der Waals surface area contributed by atoms with Gasteiger partial charge in [0, 0.05) is 30.4 Å². The molecule has 2 rings (SSSR count). The van der Waals surface area contributed by atoms with E-state index in [0.29, 0.717) is 24.6 Å². The van der Waals surface area contributed by atoms with Crippen LogP contribution in [0, 0.1) is 5.92 Å². The summed E-state index contributed by atoms with van der Waals surface area (Å²) in [6, 6.07) is 7.25. The average molecular weight is 287 g/mol. The molecule has 2 aromatic rings. The van der Waals surface area contributed by atoms with Crippen LogP contribution in [0.5, 0.6) is 5.75 Å². The predicted molar refractivity (Wildman–Crippen MR) is 81.4 cm³/mol. The van der Waals surface area contributed by atoms with Gasteiger partial charge in [-0.05, 0) is 24.1 Å². The number of amides is 1. The molecular weight excluding hydrogens is 266 g/mol. The van der Waals surface area contributed by atoms with Crippen LogP contribution in [0.3, 0.4) is 0 Å². The molecule has 0 fully saturated rings. The van der Waals surface area contributed by atoms with Gasteiger partial charge in [-0.25, -0.2) is 4.98 Å². The van der Waals surface area contributed by atoms with Crippen LogP contribution in [0.1, 0.15) is 29.9 Å². The van der Waals surface area contributed by atoms with Gasteiger partial charge in [-0.1, -0.05) is 19.9 Å². The Balaban J connectivity index is 1.85. The first-order chi connectivity index (χ1) is 10.1. The first-order valence-electron chi connectivity index (χ1n) is 7.13. The molecule has 2 N–H and O–H groups in total. The molecule has 1 amide bonds. The molecule has 0 saturated heterocycles. The number of H-pyrrole nitrogens is 1. The van der Waals surface area contributed by atoms with E-state index in [0.717, 1.165) is 17.9 Å². The third-order valence-corrected chi connectivity index (χ3v) is 2.91. The summed E-state index contributed by atoms with van der Waals surface area (Å²) in [4.78, 5) is 19.0. The summed E-state index contributed by atoms with van der Waals surface area (Å²) >= 11 is 0. The maximum Gasteiger partial charge on any atom is 0.251 e. The molecule has 0 atom stereocenters. The fraction of sp³-hybridized carbons (Fsp3) is 0.375. The zero-order chi connectivity index (χ0) is 15.1. The Morgan fingerprint density at radius 3 is 3.00 bits per heavy atom. The second-order valence-electron chi connectivity index (χ2n) is 5.32. The molecule has 5 nitrogen and oxygen atoms in total. The van der Waals surface area contributed by atoms with E-state index in [2.05, 4.69) is 29.1 Å². The van der Waals surface area contributed by atoms with Crippen molar-refractivity contribution in [2.75, 3.05) is 13.2 Å². The molecule has 21 heavy (non-hydrogen) atoms. The molecule has 1 aromatic carbocycles. The number of ether oxygens (including phenoxy) is 1. The fourth-order valence-corrected chi connectivity index (χ4v) is 1.82. The van der Waals surface area contributed by atoms with Gasteiger partial charge in [0.25, 0.3) is 5.91 Å². The van der Waals surface area contributed by atoms with Crippen molar-refractivity contribution < 1.29 is 9.53 Å². The smallest absolute Gasteiger partial charge is 0.251 e. The molecule has 0 spiro atoms. The zero-order valence-electron chi connectivity index (χ0n) is 12.4. The van der Waals surface area contributed by atoms with Crippen molar-refractivity contribution in [2.45, 2.75) is 20.3 Å². The zero-order valence-corrected chi connectivity index (χ0v) is 12.4. The van der Waals surface area contributed by atoms with Gasteiger partial charge in [0.05, 0.1) is 12.9 Å². The van der Waals surface area contributed by atoms with E-state index in [9.17, 15) is 4.79 Å². The first kappa shape index (κ1) is 15.1. The van der Waals surface area contributed by atoms with Crippen LogP contribution in [0.25, 0.3) is 0 Å². The highest BCUT2D eigenvalue weighted by Crippen LogP contribution is 2.14. The largest absolute Gasteiger partial charge is 0.493 e. The topological polar surface area (TPSA) is 67.0 Å². The minimum absolute atomic E-state index is 0.0930. The van der Waals surface area contributed by atoms with Gasteiger partial charge in [-0.2, -0.15) is 0 Å². The Hall–Kier alpha value is -2.30. The van der Waals surface area contributed by atoms with Gasteiger partial charge < -0.3 is 15.0 Å². The van der Waals surface area contributed by atoms with Crippen molar-refractivity contribution in [3.8, 4) is 5.75 Å². The van der Waals surface area contributed by atoms with Gasteiger partial charge in [-0.15, -0.1) is 0 Å². The van der Waals surface area contributed by atoms with Crippen LogP contribution < -0.4 is 10.1 Å². The summed E-state index contributed by atoms with van der Waals surface area (Å²) in [5.41, 5.74) is 1.62. The van der Waals surface area contributed by atoms with E-state index in [1.165, 1.54) is 0 Å². The second-order valence-corrected chi connectivity index (χ2v) is 5.32. The number of carbonyl (C=O) groups is 1. The lowest BCUT2D eigenvalue weighted by Gasteiger charge is -2.10. The average Bonchev–Trinajstić information content (AvgIpc) is 2.98. The van der Waals surface area contributed by atoms with E-state index in [1.807, 2.05) is 12.1 Å². The number of carbonyl (C=O) groups excluding carboxylic acids is 1. The molecule has 0 saturated carbocycles. The molecule has 0 bridgehead atoms. The Labute approximate surface area is 124 Å². The molecule has 1 heterocycles. The molecule has 0 aliphatic carbocycles. The summed E-state index contributed by atoms with van der Waals surface area (Å²) in [6.45, 7) is 5.39. The molecular formula is C16H21N3O2. The van der Waals surface area contributed by atoms with E-state index in [-0.39, 0.29) is 5.91 Å². The minimum Gasteiger partial charge on any atom is -0.493 e. The van der Waals surface area contributed by atoms with Crippen LogP contribution in [0.15, 0.2) is 36.8 Å². The van der Waals surface area contributed by atoms with Crippen molar-refractivity contribution in [2.24, 2.45) is 5.92 Å². The van der Waals surface area contributed by atoms with Crippen molar-refractivity contribution in [3.63, 3.8) is 0 Å². The Morgan fingerprint density at radius 2 is 2.29 bits per heavy atom.